The number of nitrogens with one attached hydrogen (secondary N) is 2. The number of ether oxygens (including phenoxy) is 1. The highest BCUT2D eigenvalue weighted by Gasteiger charge is 2.40. The zero-order valence-electron chi connectivity index (χ0n) is 16.8. The molecule has 0 bridgehead atoms. The van der Waals surface area contributed by atoms with E-state index in [1.807, 2.05) is 6.92 Å². The molecule has 0 radical (unpaired) electrons. The van der Waals surface area contributed by atoms with E-state index in [1.54, 1.807) is 6.07 Å². The second kappa shape index (κ2) is 8.92. The molecule has 3 N–H and O–H groups in total. The SMILES string of the molecule is CCNC(=NCC1(O)CCOCC1)NCC1(c2cccc(C(F)(F)F)c2)CCC1. The smallest absolute Gasteiger partial charge is 0.388 e. The number of alkyl halides is 3. The van der Waals surface area contributed by atoms with E-state index in [0.717, 1.165) is 25.3 Å². The van der Waals surface area contributed by atoms with Gasteiger partial charge in [-0.25, -0.2) is 0 Å². The van der Waals surface area contributed by atoms with E-state index >= 15 is 0 Å². The minimum atomic E-state index is -4.34. The predicted octanol–water partition coefficient (Wildman–Crippen LogP) is 3.22. The Morgan fingerprint density at radius 1 is 1.17 bits per heavy atom. The lowest BCUT2D eigenvalue weighted by Crippen LogP contribution is -2.49. The van der Waals surface area contributed by atoms with Crippen molar-refractivity contribution in [1.82, 2.24) is 10.6 Å². The number of aliphatic hydroxyl groups is 1. The lowest BCUT2D eigenvalue weighted by Gasteiger charge is -2.43. The third kappa shape index (κ3) is 5.42. The van der Waals surface area contributed by atoms with Crippen LogP contribution in [0.3, 0.4) is 0 Å². The van der Waals surface area contributed by atoms with Crippen molar-refractivity contribution in [3.05, 3.63) is 35.4 Å². The van der Waals surface area contributed by atoms with Gasteiger partial charge in [-0.15, -0.1) is 0 Å². The zero-order valence-corrected chi connectivity index (χ0v) is 16.8. The first-order chi connectivity index (χ1) is 13.8. The molecule has 29 heavy (non-hydrogen) atoms. The highest BCUT2D eigenvalue weighted by atomic mass is 19.4. The molecule has 0 aromatic heterocycles. The lowest BCUT2D eigenvalue weighted by molar-refractivity contribution is -0.137. The summed E-state index contributed by atoms with van der Waals surface area (Å²) in [6.45, 7) is 4.42. The first kappa shape index (κ1) is 21.9. The van der Waals surface area contributed by atoms with Gasteiger partial charge in [0.2, 0.25) is 0 Å². The van der Waals surface area contributed by atoms with Gasteiger partial charge in [0.05, 0.1) is 17.7 Å². The van der Waals surface area contributed by atoms with Gasteiger partial charge in [0.25, 0.3) is 0 Å². The van der Waals surface area contributed by atoms with Crippen molar-refractivity contribution in [3.8, 4) is 0 Å². The molecule has 8 heteroatoms. The summed E-state index contributed by atoms with van der Waals surface area (Å²) in [6, 6.07) is 5.65. The molecule has 1 aliphatic heterocycles. The van der Waals surface area contributed by atoms with Crippen LogP contribution >= 0.6 is 0 Å². The summed E-state index contributed by atoms with van der Waals surface area (Å²) in [5.74, 6) is 0.575. The fourth-order valence-corrected chi connectivity index (χ4v) is 3.93. The number of rotatable bonds is 6. The molecule has 162 valence electrons. The van der Waals surface area contributed by atoms with Gasteiger partial charge >= 0.3 is 6.18 Å². The van der Waals surface area contributed by atoms with E-state index < -0.39 is 17.3 Å². The standard InChI is InChI=1S/C21H30F3N3O2/c1-2-25-18(27-15-20(28)9-11-29-12-10-20)26-14-19(7-4-8-19)16-5-3-6-17(13-16)21(22,23)24/h3,5-6,13,28H,2,4,7-12,14-15H2,1H3,(H2,25,26,27). The van der Waals surface area contributed by atoms with Crippen LogP contribution in [0.2, 0.25) is 0 Å². The number of nitrogens with zero attached hydrogens (tertiary/aromatic N) is 1. The van der Waals surface area contributed by atoms with Gasteiger partial charge < -0.3 is 20.5 Å². The molecule has 0 atom stereocenters. The van der Waals surface area contributed by atoms with Crippen LogP contribution in [0.4, 0.5) is 13.2 Å². The molecule has 3 rings (SSSR count). The Bertz CT molecular complexity index is 711. The maximum absolute atomic E-state index is 13.1. The molecule has 2 aliphatic rings. The van der Waals surface area contributed by atoms with E-state index in [2.05, 4.69) is 15.6 Å². The normalized spacial score (nSPS) is 21.3. The van der Waals surface area contributed by atoms with E-state index in [-0.39, 0.29) is 12.0 Å². The first-order valence-corrected chi connectivity index (χ1v) is 10.3. The Balaban J connectivity index is 1.70. The molecule has 0 spiro atoms. The zero-order chi connectivity index (χ0) is 21.0. The third-order valence-electron chi connectivity index (χ3n) is 6.01. The molecule has 0 amide bonds. The van der Waals surface area contributed by atoms with Gasteiger partial charge in [0.1, 0.15) is 0 Å². The number of aliphatic imine (C=N–C) groups is 1. The van der Waals surface area contributed by atoms with E-state index in [9.17, 15) is 18.3 Å². The second-order valence-electron chi connectivity index (χ2n) is 8.10. The summed E-state index contributed by atoms with van der Waals surface area (Å²) in [5.41, 5.74) is -1.09. The van der Waals surface area contributed by atoms with Crippen LogP contribution < -0.4 is 10.6 Å². The molecule has 1 aromatic rings. The van der Waals surface area contributed by atoms with Crippen molar-refractivity contribution in [2.75, 3.05) is 32.8 Å². The van der Waals surface area contributed by atoms with Gasteiger partial charge in [0, 0.05) is 44.6 Å². The highest BCUT2D eigenvalue weighted by Crippen LogP contribution is 2.44. The van der Waals surface area contributed by atoms with Crippen molar-refractivity contribution >= 4 is 5.96 Å². The van der Waals surface area contributed by atoms with E-state index in [4.69, 9.17) is 4.74 Å². The summed E-state index contributed by atoms with van der Waals surface area (Å²) in [7, 11) is 0. The van der Waals surface area contributed by atoms with Crippen molar-refractivity contribution in [3.63, 3.8) is 0 Å². The number of benzene rings is 1. The molecule has 1 aromatic carbocycles. The van der Waals surface area contributed by atoms with Gasteiger partial charge in [-0.2, -0.15) is 13.2 Å². The maximum atomic E-state index is 13.1. The van der Waals surface area contributed by atoms with Crippen LogP contribution in [-0.4, -0.2) is 49.5 Å². The van der Waals surface area contributed by atoms with Crippen LogP contribution in [0, 0.1) is 0 Å². The first-order valence-electron chi connectivity index (χ1n) is 10.3. The van der Waals surface area contributed by atoms with Crippen LogP contribution in [-0.2, 0) is 16.3 Å². The summed E-state index contributed by atoms with van der Waals surface area (Å²) >= 11 is 0. The van der Waals surface area contributed by atoms with E-state index in [1.165, 1.54) is 12.1 Å². The Kier molecular flexibility index (Phi) is 6.73. The third-order valence-corrected chi connectivity index (χ3v) is 6.01. The highest BCUT2D eigenvalue weighted by molar-refractivity contribution is 5.80. The van der Waals surface area contributed by atoms with Gasteiger partial charge in [-0.3, -0.25) is 4.99 Å². The fraction of sp³-hybridized carbons (Fsp3) is 0.667. The fourth-order valence-electron chi connectivity index (χ4n) is 3.93. The van der Waals surface area contributed by atoms with Gasteiger partial charge in [-0.1, -0.05) is 24.6 Å². The van der Waals surface area contributed by atoms with Crippen LogP contribution in [0.1, 0.15) is 50.2 Å². The molecule has 1 saturated heterocycles. The minimum absolute atomic E-state index is 0.266. The van der Waals surface area contributed by atoms with Gasteiger partial charge in [-0.05, 0) is 31.4 Å². The molecule has 0 unspecified atom stereocenters. The molecular weight excluding hydrogens is 383 g/mol. The molecule has 2 fully saturated rings. The lowest BCUT2D eigenvalue weighted by atomic mass is 9.64. The monoisotopic (exact) mass is 413 g/mol. The number of guanidine groups is 1. The quantitative estimate of drug-likeness (QED) is 0.495. The largest absolute Gasteiger partial charge is 0.416 e. The summed E-state index contributed by atoms with van der Waals surface area (Å²) in [4.78, 5) is 4.53. The maximum Gasteiger partial charge on any atom is 0.416 e. The second-order valence-corrected chi connectivity index (χ2v) is 8.10. The summed E-state index contributed by atoms with van der Waals surface area (Å²) in [5, 5.41) is 17.1. The topological polar surface area (TPSA) is 65.9 Å². The van der Waals surface area contributed by atoms with Crippen LogP contribution in [0.5, 0.6) is 0 Å². The van der Waals surface area contributed by atoms with Crippen LogP contribution in [0.25, 0.3) is 0 Å². The average molecular weight is 413 g/mol. The van der Waals surface area contributed by atoms with Crippen molar-refractivity contribution in [2.45, 2.75) is 56.2 Å². The summed E-state index contributed by atoms with van der Waals surface area (Å²) < 4.78 is 44.7. The number of hydrogen-bond acceptors (Lipinski definition) is 3. The molecular formula is C21H30F3N3O2. The Labute approximate surface area is 169 Å². The molecule has 1 aliphatic carbocycles. The minimum Gasteiger partial charge on any atom is -0.388 e. The Morgan fingerprint density at radius 3 is 2.48 bits per heavy atom. The Hall–Kier alpha value is -1.80. The summed E-state index contributed by atoms with van der Waals surface area (Å²) in [6.07, 6.45) is -0.590. The van der Waals surface area contributed by atoms with Crippen molar-refractivity contribution in [2.24, 2.45) is 4.99 Å². The number of halogens is 3. The van der Waals surface area contributed by atoms with E-state index in [0.29, 0.717) is 50.7 Å². The van der Waals surface area contributed by atoms with Crippen LogP contribution in [0.15, 0.2) is 29.3 Å². The van der Waals surface area contributed by atoms with Crippen molar-refractivity contribution in [1.29, 1.82) is 0 Å². The molecule has 1 saturated carbocycles. The Morgan fingerprint density at radius 2 is 1.90 bits per heavy atom. The van der Waals surface area contributed by atoms with Crippen molar-refractivity contribution < 1.29 is 23.0 Å². The number of hydrogen-bond donors (Lipinski definition) is 3. The molecule has 5 nitrogen and oxygen atoms in total. The average Bonchev–Trinajstić information content (AvgIpc) is 2.65. The predicted molar refractivity (Wildman–Crippen MR) is 106 cm³/mol. The van der Waals surface area contributed by atoms with Gasteiger partial charge in [0.15, 0.2) is 5.96 Å². The molecule has 1 heterocycles.